The molecule has 0 spiro atoms. The molecule has 0 saturated carbocycles. The second kappa shape index (κ2) is 8.94. The number of halogens is 1. The Morgan fingerprint density at radius 1 is 1.18 bits per heavy atom. The molecule has 0 radical (unpaired) electrons. The van der Waals surface area contributed by atoms with E-state index in [9.17, 15) is 13.2 Å². The monoisotopic (exact) mass is 423 g/mol. The van der Waals surface area contributed by atoms with Crippen LogP contribution in [0.2, 0.25) is 0 Å². The second-order valence-corrected chi connectivity index (χ2v) is 8.96. The van der Waals surface area contributed by atoms with Gasteiger partial charge in [-0.1, -0.05) is 23.8 Å². The fourth-order valence-corrected chi connectivity index (χ4v) is 4.46. The molecule has 28 heavy (non-hydrogen) atoms. The molecule has 1 unspecified atom stereocenters. The topological polar surface area (TPSA) is 83.7 Å². The highest BCUT2D eigenvalue weighted by Gasteiger charge is 2.25. The van der Waals surface area contributed by atoms with Gasteiger partial charge >= 0.3 is 0 Å². The van der Waals surface area contributed by atoms with Gasteiger partial charge in [0.25, 0.3) is 15.9 Å². The molecule has 2 aromatic rings. The first-order valence-electron chi connectivity index (χ1n) is 8.99. The van der Waals surface area contributed by atoms with E-state index in [1.165, 1.54) is 23.5 Å². The summed E-state index contributed by atoms with van der Waals surface area (Å²) in [6.45, 7) is 3.09. The van der Waals surface area contributed by atoms with E-state index in [0.717, 1.165) is 18.4 Å². The van der Waals surface area contributed by atoms with Crippen molar-refractivity contribution in [1.82, 2.24) is 4.90 Å². The predicted octanol–water partition coefficient (Wildman–Crippen LogP) is 2.81. The van der Waals surface area contributed by atoms with Crippen molar-refractivity contribution < 1.29 is 13.2 Å². The van der Waals surface area contributed by atoms with Gasteiger partial charge in [-0.3, -0.25) is 9.10 Å². The van der Waals surface area contributed by atoms with Crippen LogP contribution >= 0.6 is 12.4 Å². The highest BCUT2D eigenvalue weighted by atomic mass is 35.5. The van der Waals surface area contributed by atoms with E-state index in [-0.39, 0.29) is 29.3 Å². The third kappa shape index (κ3) is 4.66. The van der Waals surface area contributed by atoms with E-state index >= 15 is 0 Å². The molecular weight excluding hydrogens is 398 g/mol. The molecule has 0 aromatic heterocycles. The molecule has 0 bridgehead atoms. The van der Waals surface area contributed by atoms with Crippen molar-refractivity contribution in [2.45, 2.75) is 30.7 Å². The van der Waals surface area contributed by atoms with Gasteiger partial charge in [0, 0.05) is 31.7 Å². The largest absolute Gasteiger partial charge is 0.337 e. The average Bonchev–Trinajstić information content (AvgIpc) is 2.67. The molecule has 1 amide bonds. The van der Waals surface area contributed by atoms with E-state index in [4.69, 9.17) is 5.73 Å². The first-order chi connectivity index (χ1) is 12.8. The van der Waals surface area contributed by atoms with Gasteiger partial charge in [0.05, 0.1) is 10.6 Å². The van der Waals surface area contributed by atoms with Crippen LogP contribution in [0.4, 0.5) is 5.69 Å². The Labute approximate surface area is 172 Å². The summed E-state index contributed by atoms with van der Waals surface area (Å²) < 4.78 is 27.2. The number of likely N-dealkylation sites (tertiary alicyclic amines) is 1. The van der Waals surface area contributed by atoms with Crippen LogP contribution in [0.1, 0.15) is 28.8 Å². The van der Waals surface area contributed by atoms with E-state index in [1.807, 2.05) is 19.1 Å². The molecule has 1 fully saturated rings. The van der Waals surface area contributed by atoms with Crippen LogP contribution in [-0.4, -0.2) is 45.4 Å². The maximum absolute atomic E-state index is 13.0. The van der Waals surface area contributed by atoms with Crippen molar-refractivity contribution in [3.8, 4) is 0 Å². The lowest BCUT2D eigenvalue weighted by Gasteiger charge is -2.31. The summed E-state index contributed by atoms with van der Waals surface area (Å²) in [5.74, 6) is -0.180. The highest BCUT2D eigenvalue weighted by molar-refractivity contribution is 7.92. The lowest BCUT2D eigenvalue weighted by atomic mass is 10.1. The summed E-state index contributed by atoms with van der Waals surface area (Å²) in [5, 5.41) is 0. The SMILES string of the molecule is Cc1ccc(N(C)S(=O)(=O)c2cccc(C(=O)N3CCCC(N)C3)c2)cc1.Cl. The quantitative estimate of drug-likeness (QED) is 0.819. The minimum atomic E-state index is -3.76. The molecule has 152 valence electrons. The van der Waals surface area contributed by atoms with Gasteiger partial charge in [0.2, 0.25) is 0 Å². The predicted molar refractivity (Wildman–Crippen MR) is 114 cm³/mol. The lowest BCUT2D eigenvalue weighted by molar-refractivity contribution is 0.0708. The van der Waals surface area contributed by atoms with Crippen molar-refractivity contribution in [2.75, 3.05) is 24.4 Å². The Morgan fingerprint density at radius 3 is 2.50 bits per heavy atom. The zero-order valence-electron chi connectivity index (χ0n) is 16.0. The molecule has 3 rings (SSSR count). The van der Waals surface area contributed by atoms with Crippen molar-refractivity contribution in [1.29, 1.82) is 0 Å². The number of carbonyl (C=O) groups excluding carboxylic acids is 1. The fourth-order valence-electron chi connectivity index (χ4n) is 3.22. The van der Waals surface area contributed by atoms with E-state index in [1.54, 1.807) is 29.2 Å². The number of anilines is 1. The van der Waals surface area contributed by atoms with Crippen LogP contribution in [0.3, 0.4) is 0 Å². The molecular formula is C20H26ClN3O3S. The molecule has 2 N–H and O–H groups in total. The number of amides is 1. The van der Waals surface area contributed by atoms with Crippen LogP contribution in [0.25, 0.3) is 0 Å². The van der Waals surface area contributed by atoms with Crippen molar-refractivity contribution in [3.63, 3.8) is 0 Å². The Morgan fingerprint density at radius 2 is 1.86 bits per heavy atom. The van der Waals surface area contributed by atoms with E-state index < -0.39 is 10.0 Å². The number of piperidine rings is 1. The summed E-state index contributed by atoms with van der Waals surface area (Å²) in [4.78, 5) is 14.6. The number of aryl methyl sites for hydroxylation is 1. The number of rotatable bonds is 4. The molecule has 8 heteroatoms. The van der Waals surface area contributed by atoms with Crippen LogP contribution in [0.15, 0.2) is 53.4 Å². The molecule has 1 aliphatic rings. The van der Waals surface area contributed by atoms with Crippen molar-refractivity contribution in [2.24, 2.45) is 5.73 Å². The smallest absolute Gasteiger partial charge is 0.264 e. The summed E-state index contributed by atoms with van der Waals surface area (Å²) in [6, 6.07) is 13.4. The number of nitrogens with two attached hydrogens (primary N) is 1. The number of carbonyl (C=O) groups is 1. The first kappa shape index (κ1) is 22.2. The maximum atomic E-state index is 13.0. The fraction of sp³-hybridized carbons (Fsp3) is 0.350. The zero-order chi connectivity index (χ0) is 19.6. The number of nitrogens with zero attached hydrogens (tertiary/aromatic N) is 2. The molecule has 1 atom stereocenters. The number of benzene rings is 2. The summed E-state index contributed by atoms with van der Waals surface area (Å²) >= 11 is 0. The average molecular weight is 424 g/mol. The Balaban J connectivity index is 0.00000280. The molecule has 1 heterocycles. The second-order valence-electron chi connectivity index (χ2n) is 6.99. The standard InChI is InChI=1S/C20H25N3O3S.ClH/c1-15-8-10-18(11-9-15)22(2)27(25,26)19-7-3-5-16(13-19)20(24)23-12-4-6-17(21)14-23;/h3,5,7-11,13,17H,4,6,12,14,21H2,1-2H3;1H. The summed E-state index contributed by atoms with van der Waals surface area (Å²) in [7, 11) is -2.25. The molecule has 1 aliphatic heterocycles. The minimum absolute atomic E-state index is 0. The molecule has 6 nitrogen and oxygen atoms in total. The van der Waals surface area contributed by atoms with Crippen LogP contribution < -0.4 is 10.0 Å². The number of hydrogen-bond acceptors (Lipinski definition) is 4. The van der Waals surface area contributed by atoms with Crippen LogP contribution in [-0.2, 0) is 10.0 Å². The highest BCUT2D eigenvalue weighted by Crippen LogP contribution is 2.23. The van der Waals surface area contributed by atoms with Gasteiger partial charge in [-0.25, -0.2) is 8.42 Å². The Bertz CT molecular complexity index is 932. The van der Waals surface area contributed by atoms with Gasteiger partial charge in [-0.15, -0.1) is 12.4 Å². The number of hydrogen-bond donors (Lipinski definition) is 1. The third-order valence-corrected chi connectivity index (χ3v) is 6.66. The molecule has 0 aliphatic carbocycles. The van der Waals surface area contributed by atoms with Gasteiger partial charge in [-0.2, -0.15) is 0 Å². The normalized spacial score (nSPS) is 17.0. The summed E-state index contributed by atoms with van der Waals surface area (Å²) in [6.07, 6.45) is 1.76. The maximum Gasteiger partial charge on any atom is 0.264 e. The van der Waals surface area contributed by atoms with Crippen molar-refractivity contribution >= 4 is 34.0 Å². The first-order valence-corrected chi connectivity index (χ1v) is 10.4. The van der Waals surface area contributed by atoms with E-state index in [0.29, 0.717) is 24.3 Å². The van der Waals surface area contributed by atoms with Crippen LogP contribution in [0.5, 0.6) is 0 Å². The number of sulfonamides is 1. The van der Waals surface area contributed by atoms with Gasteiger partial charge < -0.3 is 10.6 Å². The summed E-state index contributed by atoms with van der Waals surface area (Å²) in [5.41, 5.74) is 7.94. The van der Waals surface area contributed by atoms with Gasteiger partial charge in [-0.05, 0) is 50.1 Å². The lowest BCUT2D eigenvalue weighted by Crippen LogP contribution is -2.45. The Kier molecular flexibility index (Phi) is 7.09. The Hall–Kier alpha value is -2.09. The van der Waals surface area contributed by atoms with Crippen LogP contribution in [0, 0.1) is 6.92 Å². The molecule has 2 aromatic carbocycles. The minimum Gasteiger partial charge on any atom is -0.337 e. The molecule has 1 saturated heterocycles. The van der Waals surface area contributed by atoms with E-state index in [2.05, 4.69) is 0 Å². The van der Waals surface area contributed by atoms with Gasteiger partial charge in [0.1, 0.15) is 0 Å². The third-order valence-electron chi connectivity index (χ3n) is 4.88. The van der Waals surface area contributed by atoms with Gasteiger partial charge in [0.15, 0.2) is 0 Å². The zero-order valence-corrected chi connectivity index (χ0v) is 17.7. The van der Waals surface area contributed by atoms with Crippen molar-refractivity contribution in [3.05, 3.63) is 59.7 Å².